The van der Waals surface area contributed by atoms with Gasteiger partial charge >= 0.3 is 0 Å². The van der Waals surface area contributed by atoms with Crippen LogP contribution in [0.25, 0.3) is 0 Å². The summed E-state index contributed by atoms with van der Waals surface area (Å²) in [5.41, 5.74) is 1.09. The number of hydrogen-bond donors (Lipinski definition) is 0. The van der Waals surface area contributed by atoms with Crippen molar-refractivity contribution in [1.29, 1.82) is 0 Å². The van der Waals surface area contributed by atoms with E-state index in [0.29, 0.717) is 5.92 Å². The Kier molecular flexibility index (Phi) is 7.16. The van der Waals surface area contributed by atoms with Gasteiger partial charge in [0.15, 0.2) is 0 Å². The molecule has 164 valence electrons. The Morgan fingerprint density at radius 3 is 1.93 bits per heavy atom. The Morgan fingerprint density at radius 2 is 1.40 bits per heavy atom. The molecular weight excluding hydrogens is 467 g/mol. The molecule has 10 heteroatoms. The quantitative estimate of drug-likeness (QED) is 0.607. The highest BCUT2D eigenvalue weighted by Crippen LogP contribution is 2.29. The van der Waals surface area contributed by atoms with Crippen LogP contribution in [0.3, 0.4) is 0 Å². The van der Waals surface area contributed by atoms with Crippen LogP contribution in [0.2, 0.25) is 10.0 Å². The molecule has 0 unspecified atom stereocenters. The maximum absolute atomic E-state index is 13.0. The summed E-state index contributed by atoms with van der Waals surface area (Å²) in [5.74, 6) is 0.355. The van der Waals surface area contributed by atoms with Crippen molar-refractivity contribution in [2.24, 2.45) is 0 Å². The summed E-state index contributed by atoms with van der Waals surface area (Å²) in [4.78, 5) is 0.136. The molecule has 0 saturated carbocycles. The Morgan fingerprint density at radius 1 is 0.867 bits per heavy atom. The number of halogens is 2. The number of rotatable bonds is 6. The summed E-state index contributed by atoms with van der Waals surface area (Å²) in [5, 5.41) is 0.343. The van der Waals surface area contributed by atoms with E-state index >= 15 is 0 Å². The SMILES string of the molecule is CC[C@@H](C)c1ccc(S(=O)(=O)N2CCN(S(=O)(=O)c3cc(Cl)ccc3Cl)CC2)cc1. The van der Waals surface area contributed by atoms with E-state index in [4.69, 9.17) is 23.2 Å². The van der Waals surface area contributed by atoms with Gasteiger partial charge in [-0.2, -0.15) is 8.61 Å². The minimum Gasteiger partial charge on any atom is -0.207 e. The fraction of sp³-hybridized carbons (Fsp3) is 0.400. The van der Waals surface area contributed by atoms with Crippen molar-refractivity contribution in [3.05, 3.63) is 58.1 Å². The van der Waals surface area contributed by atoms with Crippen molar-refractivity contribution in [3.8, 4) is 0 Å². The van der Waals surface area contributed by atoms with Crippen LogP contribution in [0.15, 0.2) is 52.3 Å². The van der Waals surface area contributed by atoms with Crippen molar-refractivity contribution in [3.63, 3.8) is 0 Å². The molecule has 1 fully saturated rings. The van der Waals surface area contributed by atoms with Crippen LogP contribution < -0.4 is 0 Å². The lowest BCUT2D eigenvalue weighted by Gasteiger charge is -2.33. The zero-order chi connectivity index (χ0) is 22.1. The van der Waals surface area contributed by atoms with E-state index in [-0.39, 0.29) is 46.0 Å². The zero-order valence-electron chi connectivity index (χ0n) is 16.8. The molecule has 1 aliphatic heterocycles. The Balaban J connectivity index is 1.75. The maximum Gasteiger partial charge on any atom is 0.244 e. The van der Waals surface area contributed by atoms with Crippen molar-refractivity contribution >= 4 is 43.2 Å². The minimum atomic E-state index is -3.87. The molecule has 0 N–H and O–H groups in total. The average Bonchev–Trinajstić information content (AvgIpc) is 2.75. The van der Waals surface area contributed by atoms with Crippen LogP contribution >= 0.6 is 23.2 Å². The van der Waals surface area contributed by atoms with E-state index in [9.17, 15) is 16.8 Å². The van der Waals surface area contributed by atoms with Crippen LogP contribution in [0, 0.1) is 0 Å². The van der Waals surface area contributed by atoms with Gasteiger partial charge in [0.05, 0.1) is 9.92 Å². The molecule has 2 aromatic rings. The standard InChI is InChI=1S/C20H24Cl2N2O4S2/c1-3-15(2)16-4-7-18(8-5-16)29(25,26)23-10-12-24(13-11-23)30(27,28)20-14-17(21)6-9-19(20)22/h4-9,14-15H,3,10-13H2,1-2H3/t15-/m1/s1. The van der Waals surface area contributed by atoms with Gasteiger partial charge < -0.3 is 0 Å². The summed E-state index contributed by atoms with van der Waals surface area (Å²) in [6.45, 7) is 4.37. The second kappa shape index (κ2) is 9.14. The predicted molar refractivity (Wildman–Crippen MR) is 119 cm³/mol. The molecular formula is C20H24Cl2N2O4S2. The van der Waals surface area contributed by atoms with Crippen LogP contribution in [-0.2, 0) is 20.0 Å². The molecule has 1 saturated heterocycles. The smallest absolute Gasteiger partial charge is 0.207 e. The van der Waals surface area contributed by atoms with Gasteiger partial charge in [-0.25, -0.2) is 16.8 Å². The van der Waals surface area contributed by atoms with Crippen LogP contribution in [0.1, 0.15) is 31.7 Å². The Bertz CT molecular complexity index is 1110. The molecule has 0 bridgehead atoms. The van der Waals surface area contributed by atoms with Crippen molar-refractivity contribution < 1.29 is 16.8 Å². The average molecular weight is 491 g/mol. The van der Waals surface area contributed by atoms with Gasteiger partial charge in [0.2, 0.25) is 20.0 Å². The van der Waals surface area contributed by atoms with E-state index in [0.717, 1.165) is 12.0 Å². The first-order valence-electron chi connectivity index (χ1n) is 9.62. The third-order valence-corrected chi connectivity index (χ3v) is 9.94. The lowest BCUT2D eigenvalue weighted by Crippen LogP contribution is -2.50. The molecule has 3 rings (SSSR count). The van der Waals surface area contributed by atoms with Crippen LogP contribution in [-0.4, -0.2) is 51.6 Å². The van der Waals surface area contributed by atoms with Gasteiger partial charge in [0, 0.05) is 31.2 Å². The second-order valence-corrected chi connectivity index (χ2v) is 11.9. The van der Waals surface area contributed by atoms with Crippen molar-refractivity contribution in [2.45, 2.75) is 36.0 Å². The predicted octanol–water partition coefficient (Wildman–Crippen LogP) is 4.20. The highest BCUT2D eigenvalue weighted by atomic mass is 35.5. The second-order valence-electron chi connectivity index (χ2n) is 7.26. The summed E-state index contributed by atoms with van der Waals surface area (Å²) < 4.78 is 54.4. The highest BCUT2D eigenvalue weighted by Gasteiger charge is 2.34. The van der Waals surface area contributed by atoms with Gasteiger partial charge in [-0.15, -0.1) is 0 Å². The topological polar surface area (TPSA) is 74.8 Å². The third-order valence-electron chi connectivity index (χ3n) is 5.41. The number of sulfonamides is 2. The summed E-state index contributed by atoms with van der Waals surface area (Å²) in [6.07, 6.45) is 0.971. The van der Waals surface area contributed by atoms with Gasteiger partial charge in [0.1, 0.15) is 4.90 Å². The van der Waals surface area contributed by atoms with Crippen LogP contribution in [0.4, 0.5) is 0 Å². The molecule has 0 radical (unpaired) electrons. The monoisotopic (exact) mass is 490 g/mol. The molecule has 0 spiro atoms. The van der Waals surface area contributed by atoms with E-state index in [2.05, 4.69) is 13.8 Å². The molecule has 0 aromatic heterocycles. The van der Waals surface area contributed by atoms with E-state index in [1.54, 1.807) is 12.1 Å². The van der Waals surface area contributed by atoms with Gasteiger partial charge in [-0.3, -0.25) is 0 Å². The third kappa shape index (κ3) is 4.69. The molecule has 2 aromatic carbocycles. The molecule has 6 nitrogen and oxygen atoms in total. The summed E-state index contributed by atoms with van der Waals surface area (Å²) >= 11 is 12.0. The molecule has 1 aliphatic rings. The largest absolute Gasteiger partial charge is 0.244 e. The highest BCUT2D eigenvalue weighted by molar-refractivity contribution is 7.89. The molecule has 30 heavy (non-hydrogen) atoms. The Hall–Kier alpha value is -1.16. The van der Waals surface area contributed by atoms with E-state index < -0.39 is 20.0 Å². The summed E-state index contributed by atoms with van der Waals surface area (Å²) in [6, 6.07) is 11.2. The first-order valence-corrected chi connectivity index (χ1v) is 13.3. The van der Waals surface area contributed by atoms with Crippen LogP contribution in [0.5, 0.6) is 0 Å². The minimum absolute atomic E-state index is 0.0371. The number of piperazine rings is 1. The Labute approximate surface area is 188 Å². The molecule has 0 amide bonds. The molecule has 1 atom stereocenters. The van der Waals surface area contributed by atoms with Gasteiger partial charge in [-0.05, 0) is 48.2 Å². The van der Waals surface area contributed by atoms with Gasteiger partial charge in [0.25, 0.3) is 0 Å². The number of nitrogens with zero attached hydrogens (tertiary/aromatic N) is 2. The van der Waals surface area contributed by atoms with Crippen molar-refractivity contribution in [2.75, 3.05) is 26.2 Å². The van der Waals surface area contributed by atoms with Gasteiger partial charge in [-0.1, -0.05) is 49.2 Å². The summed E-state index contributed by atoms with van der Waals surface area (Å²) in [7, 11) is -7.57. The molecule has 1 heterocycles. The number of hydrogen-bond acceptors (Lipinski definition) is 4. The fourth-order valence-corrected chi connectivity index (χ4v) is 6.90. The van der Waals surface area contributed by atoms with E-state index in [1.165, 1.54) is 26.8 Å². The first-order chi connectivity index (χ1) is 14.1. The van der Waals surface area contributed by atoms with E-state index in [1.807, 2.05) is 12.1 Å². The first kappa shape index (κ1) is 23.5. The lowest BCUT2D eigenvalue weighted by molar-refractivity contribution is 0.273. The van der Waals surface area contributed by atoms with Crippen molar-refractivity contribution in [1.82, 2.24) is 8.61 Å². The zero-order valence-corrected chi connectivity index (χ0v) is 19.9. The lowest BCUT2D eigenvalue weighted by atomic mass is 9.99. The number of benzene rings is 2. The molecule has 0 aliphatic carbocycles. The fourth-order valence-electron chi connectivity index (χ4n) is 3.32. The maximum atomic E-state index is 13.0. The normalized spacial score (nSPS) is 17.7.